The molecule has 0 radical (unpaired) electrons. The van der Waals surface area contributed by atoms with Crippen LogP contribution in [-0.2, 0) is 6.42 Å². The lowest BCUT2D eigenvalue weighted by atomic mass is 10.1. The Hall–Kier alpha value is -0.740. The van der Waals surface area contributed by atoms with Gasteiger partial charge in [-0.3, -0.25) is 0 Å². The smallest absolute Gasteiger partial charge is 0.307 e. The molecule has 0 aliphatic heterocycles. The first-order chi connectivity index (χ1) is 8.35. The van der Waals surface area contributed by atoms with Crippen molar-refractivity contribution in [2.24, 2.45) is 0 Å². The highest BCUT2D eigenvalue weighted by Gasteiger charge is 2.32. The summed E-state index contributed by atoms with van der Waals surface area (Å²) < 4.78 is 36.8. The molecule has 0 heterocycles. The first kappa shape index (κ1) is 13.7. The van der Waals surface area contributed by atoms with Crippen molar-refractivity contribution < 1.29 is 13.2 Å². The molecule has 1 aliphatic rings. The van der Waals surface area contributed by atoms with E-state index >= 15 is 0 Å². The maximum absolute atomic E-state index is 12.3. The van der Waals surface area contributed by atoms with E-state index in [0.717, 1.165) is 24.0 Å². The maximum Gasteiger partial charge on any atom is 0.390 e. The fourth-order valence-corrected chi connectivity index (χ4v) is 2.70. The maximum atomic E-state index is 12.3. The third-order valence-electron chi connectivity index (χ3n) is 3.21. The lowest BCUT2D eigenvalue weighted by molar-refractivity contribution is -0.139. The van der Waals surface area contributed by atoms with Gasteiger partial charge in [-0.2, -0.15) is 13.2 Å². The SMILES string of the molecule is CC(CC(F)(F)F)NC1CCc2cc(Cl)ccc21. The predicted molar refractivity (Wildman–Crippen MR) is 65.8 cm³/mol. The highest BCUT2D eigenvalue weighted by molar-refractivity contribution is 6.30. The van der Waals surface area contributed by atoms with E-state index in [2.05, 4.69) is 5.32 Å². The van der Waals surface area contributed by atoms with Gasteiger partial charge in [-0.05, 0) is 43.0 Å². The molecule has 5 heteroatoms. The Bertz CT molecular complexity index is 431. The molecule has 0 fully saturated rings. The summed E-state index contributed by atoms with van der Waals surface area (Å²) in [7, 11) is 0. The van der Waals surface area contributed by atoms with E-state index in [0.29, 0.717) is 5.02 Å². The van der Waals surface area contributed by atoms with E-state index in [-0.39, 0.29) is 6.04 Å². The standard InChI is InChI=1S/C13H15ClF3N/c1-8(7-13(15,16)17)18-12-5-2-9-6-10(14)3-4-11(9)12/h3-4,6,8,12,18H,2,5,7H2,1H3. The third kappa shape index (κ3) is 3.39. The molecule has 1 aromatic carbocycles. The Labute approximate surface area is 109 Å². The van der Waals surface area contributed by atoms with Gasteiger partial charge in [-0.15, -0.1) is 0 Å². The Morgan fingerprint density at radius 1 is 1.44 bits per heavy atom. The van der Waals surface area contributed by atoms with Gasteiger partial charge in [0.15, 0.2) is 0 Å². The molecule has 0 saturated heterocycles. The van der Waals surface area contributed by atoms with Crippen molar-refractivity contribution in [3.63, 3.8) is 0 Å². The molecule has 0 saturated carbocycles. The Morgan fingerprint density at radius 3 is 2.83 bits per heavy atom. The van der Waals surface area contributed by atoms with Crippen molar-refractivity contribution >= 4 is 11.6 Å². The highest BCUT2D eigenvalue weighted by atomic mass is 35.5. The zero-order valence-corrected chi connectivity index (χ0v) is 10.8. The molecular weight excluding hydrogens is 263 g/mol. The summed E-state index contributed by atoms with van der Waals surface area (Å²) in [5, 5.41) is 3.73. The Balaban J connectivity index is 2.01. The molecule has 1 aromatic rings. The second kappa shape index (κ2) is 5.10. The van der Waals surface area contributed by atoms with E-state index in [9.17, 15) is 13.2 Å². The number of hydrogen-bond acceptors (Lipinski definition) is 1. The second-order valence-electron chi connectivity index (χ2n) is 4.82. The molecule has 2 atom stereocenters. The summed E-state index contributed by atoms with van der Waals surface area (Å²) >= 11 is 5.89. The number of halogens is 4. The minimum atomic E-state index is -4.12. The van der Waals surface area contributed by atoms with E-state index < -0.39 is 18.6 Å². The summed E-state index contributed by atoms with van der Waals surface area (Å²) in [6.07, 6.45) is -3.22. The summed E-state index contributed by atoms with van der Waals surface area (Å²) in [6, 6.07) is 5.02. The third-order valence-corrected chi connectivity index (χ3v) is 3.44. The molecule has 0 aromatic heterocycles. The summed E-state index contributed by atoms with van der Waals surface area (Å²) in [6.45, 7) is 1.57. The fourth-order valence-electron chi connectivity index (χ4n) is 2.51. The van der Waals surface area contributed by atoms with Crippen LogP contribution in [0, 0.1) is 0 Å². The minimum absolute atomic E-state index is 0.00890. The largest absolute Gasteiger partial charge is 0.390 e. The van der Waals surface area contributed by atoms with Crippen molar-refractivity contribution in [1.82, 2.24) is 5.32 Å². The first-order valence-electron chi connectivity index (χ1n) is 5.96. The summed E-state index contributed by atoms with van der Waals surface area (Å²) in [4.78, 5) is 0. The van der Waals surface area contributed by atoms with Gasteiger partial charge in [0.1, 0.15) is 0 Å². The average Bonchev–Trinajstić information content (AvgIpc) is 2.57. The lowest BCUT2D eigenvalue weighted by Crippen LogP contribution is -2.33. The molecule has 0 spiro atoms. The van der Waals surface area contributed by atoms with Gasteiger partial charge in [0.2, 0.25) is 0 Å². The number of nitrogens with one attached hydrogen (secondary N) is 1. The first-order valence-corrected chi connectivity index (χ1v) is 6.34. The minimum Gasteiger partial charge on any atom is -0.307 e. The van der Waals surface area contributed by atoms with Crippen LogP contribution in [0.1, 0.15) is 36.9 Å². The van der Waals surface area contributed by atoms with Crippen molar-refractivity contribution in [3.8, 4) is 0 Å². The van der Waals surface area contributed by atoms with Crippen LogP contribution in [0.25, 0.3) is 0 Å². The van der Waals surface area contributed by atoms with E-state index in [1.807, 2.05) is 12.1 Å². The number of benzene rings is 1. The fraction of sp³-hybridized carbons (Fsp3) is 0.538. The molecule has 18 heavy (non-hydrogen) atoms. The topological polar surface area (TPSA) is 12.0 Å². The summed E-state index contributed by atoms with van der Waals surface area (Å²) in [5.41, 5.74) is 2.22. The van der Waals surface area contributed by atoms with Crippen LogP contribution in [0.4, 0.5) is 13.2 Å². The van der Waals surface area contributed by atoms with Crippen LogP contribution in [0.5, 0.6) is 0 Å². The molecule has 2 unspecified atom stereocenters. The Morgan fingerprint density at radius 2 is 2.17 bits per heavy atom. The van der Waals surface area contributed by atoms with Crippen molar-refractivity contribution in [3.05, 3.63) is 34.3 Å². The molecule has 2 rings (SSSR count). The van der Waals surface area contributed by atoms with Crippen LogP contribution in [0.2, 0.25) is 5.02 Å². The normalized spacial score (nSPS) is 20.8. The van der Waals surface area contributed by atoms with Crippen molar-refractivity contribution in [1.29, 1.82) is 0 Å². The second-order valence-corrected chi connectivity index (χ2v) is 5.26. The number of rotatable bonds is 3. The Kier molecular flexibility index (Phi) is 3.87. The summed E-state index contributed by atoms with van der Waals surface area (Å²) in [5.74, 6) is 0. The quantitative estimate of drug-likeness (QED) is 0.870. The van der Waals surface area contributed by atoms with Gasteiger partial charge >= 0.3 is 6.18 Å². The predicted octanol–water partition coefficient (Wildman–Crippen LogP) is 4.26. The molecule has 1 aliphatic carbocycles. The zero-order valence-electron chi connectivity index (χ0n) is 10.0. The average molecular weight is 278 g/mol. The number of hydrogen-bond donors (Lipinski definition) is 1. The number of aryl methyl sites for hydroxylation is 1. The van der Waals surface area contributed by atoms with Crippen LogP contribution in [0.15, 0.2) is 18.2 Å². The van der Waals surface area contributed by atoms with Gasteiger partial charge in [0, 0.05) is 17.1 Å². The van der Waals surface area contributed by atoms with Crippen LogP contribution < -0.4 is 5.32 Å². The van der Waals surface area contributed by atoms with Gasteiger partial charge < -0.3 is 5.32 Å². The molecular formula is C13H15ClF3N. The van der Waals surface area contributed by atoms with Gasteiger partial charge in [0.05, 0.1) is 6.42 Å². The van der Waals surface area contributed by atoms with Crippen molar-refractivity contribution in [2.45, 2.75) is 44.4 Å². The monoisotopic (exact) mass is 277 g/mol. The zero-order chi connectivity index (χ0) is 13.3. The number of alkyl halides is 3. The van der Waals surface area contributed by atoms with Crippen molar-refractivity contribution in [2.75, 3.05) is 0 Å². The van der Waals surface area contributed by atoms with E-state index in [1.165, 1.54) is 0 Å². The number of fused-ring (bicyclic) bond motifs is 1. The molecule has 0 amide bonds. The molecule has 100 valence electrons. The van der Waals surface area contributed by atoms with Crippen LogP contribution >= 0.6 is 11.6 Å². The van der Waals surface area contributed by atoms with Gasteiger partial charge in [0.25, 0.3) is 0 Å². The lowest BCUT2D eigenvalue weighted by Gasteiger charge is -2.21. The van der Waals surface area contributed by atoms with E-state index in [4.69, 9.17) is 11.6 Å². The van der Waals surface area contributed by atoms with Crippen LogP contribution in [0.3, 0.4) is 0 Å². The van der Waals surface area contributed by atoms with E-state index in [1.54, 1.807) is 13.0 Å². The van der Waals surface area contributed by atoms with Gasteiger partial charge in [-0.25, -0.2) is 0 Å². The molecule has 0 bridgehead atoms. The molecule has 1 nitrogen and oxygen atoms in total. The van der Waals surface area contributed by atoms with Gasteiger partial charge in [-0.1, -0.05) is 17.7 Å². The highest BCUT2D eigenvalue weighted by Crippen LogP contribution is 2.34. The van der Waals surface area contributed by atoms with Crippen LogP contribution in [-0.4, -0.2) is 12.2 Å². The molecule has 1 N–H and O–H groups in total.